The summed E-state index contributed by atoms with van der Waals surface area (Å²) < 4.78 is 5.41. The Morgan fingerprint density at radius 3 is 2.06 bits per heavy atom. The summed E-state index contributed by atoms with van der Waals surface area (Å²) in [5, 5.41) is 0. The molecule has 1 heterocycles. The molecule has 0 radical (unpaired) electrons. The molecular weight excluding hydrogens is 216 g/mol. The van der Waals surface area contributed by atoms with Crippen molar-refractivity contribution in [3.05, 3.63) is 0 Å². The minimum atomic E-state index is -0.411. The molecule has 1 fully saturated rings. The average Bonchev–Trinajstić information content (AvgIpc) is 2.14. The highest BCUT2D eigenvalue weighted by Gasteiger charge is 2.32. The minimum Gasteiger partial charge on any atom is -0.444 e. The van der Waals surface area contributed by atoms with Gasteiger partial charge in [-0.05, 0) is 41.2 Å². The summed E-state index contributed by atoms with van der Waals surface area (Å²) in [6.07, 6.45) is -0.188. The van der Waals surface area contributed by atoms with Gasteiger partial charge >= 0.3 is 6.09 Å². The predicted molar refractivity (Wildman–Crippen MR) is 69.1 cm³/mol. The molecule has 2 unspecified atom stereocenters. The van der Waals surface area contributed by atoms with Crippen LogP contribution in [0.5, 0.6) is 0 Å². The molecule has 0 spiro atoms. The van der Waals surface area contributed by atoms with E-state index in [1.807, 2.05) is 25.7 Å². The Hall–Kier alpha value is -0.770. The normalized spacial score (nSPS) is 27.1. The SMILES string of the molecule is CCN1C(C)CN(C(=O)OC(C)(C)C)CC1C. The van der Waals surface area contributed by atoms with Crippen LogP contribution < -0.4 is 0 Å². The molecule has 4 nitrogen and oxygen atoms in total. The minimum absolute atomic E-state index is 0.188. The second-order valence-electron chi connectivity index (χ2n) is 5.91. The van der Waals surface area contributed by atoms with Gasteiger partial charge < -0.3 is 9.64 Å². The van der Waals surface area contributed by atoms with E-state index < -0.39 is 5.60 Å². The number of ether oxygens (including phenoxy) is 1. The summed E-state index contributed by atoms with van der Waals surface area (Å²) in [4.78, 5) is 16.2. The fourth-order valence-corrected chi connectivity index (χ4v) is 2.46. The molecular formula is C13H26N2O2. The van der Waals surface area contributed by atoms with Crippen molar-refractivity contribution in [3.63, 3.8) is 0 Å². The summed E-state index contributed by atoms with van der Waals surface area (Å²) in [6.45, 7) is 14.7. The number of hydrogen-bond acceptors (Lipinski definition) is 3. The first-order chi connectivity index (χ1) is 7.74. The first kappa shape index (κ1) is 14.3. The Labute approximate surface area is 105 Å². The fourth-order valence-electron chi connectivity index (χ4n) is 2.46. The van der Waals surface area contributed by atoms with Gasteiger partial charge in [0.05, 0.1) is 0 Å². The van der Waals surface area contributed by atoms with Crippen LogP contribution in [0.2, 0.25) is 0 Å². The van der Waals surface area contributed by atoms with Crippen LogP contribution in [0.4, 0.5) is 4.79 Å². The molecule has 0 saturated carbocycles. The number of rotatable bonds is 1. The molecule has 1 amide bonds. The lowest BCUT2D eigenvalue weighted by atomic mass is 10.1. The van der Waals surface area contributed by atoms with Crippen molar-refractivity contribution >= 4 is 6.09 Å². The lowest BCUT2D eigenvalue weighted by Crippen LogP contribution is -2.58. The van der Waals surface area contributed by atoms with Gasteiger partial charge in [0.2, 0.25) is 0 Å². The molecule has 0 aromatic rings. The Morgan fingerprint density at radius 1 is 1.24 bits per heavy atom. The van der Waals surface area contributed by atoms with E-state index in [0.29, 0.717) is 12.1 Å². The van der Waals surface area contributed by atoms with Crippen LogP contribution in [0.3, 0.4) is 0 Å². The molecule has 0 aromatic heterocycles. The summed E-state index contributed by atoms with van der Waals surface area (Å²) in [5.41, 5.74) is -0.411. The lowest BCUT2D eigenvalue weighted by molar-refractivity contribution is -0.00618. The van der Waals surface area contributed by atoms with E-state index in [1.54, 1.807) is 0 Å². The van der Waals surface area contributed by atoms with E-state index in [9.17, 15) is 4.79 Å². The largest absolute Gasteiger partial charge is 0.444 e. The third kappa shape index (κ3) is 3.87. The van der Waals surface area contributed by atoms with Crippen molar-refractivity contribution in [3.8, 4) is 0 Å². The van der Waals surface area contributed by atoms with E-state index in [0.717, 1.165) is 19.6 Å². The molecule has 2 atom stereocenters. The molecule has 0 aliphatic carbocycles. The maximum Gasteiger partial charge on any atom is 0.410 e. The molecule has 1 saturated heterocycles. The molecule has 100 valence electrons. The van der Waals surface area contributed by atoms with Crippen LogP contribution in [0, 0.1) is 0 Å². The van der Waals surface area contributed by atoms with E-state index in [2.05, 4.69) is 25.7 Å². The first-order valence-electron chi connectivity index (χ1n) is 6.48. The van der Waals surface area contributed by atoms with Gasteiger partial charge in [-0.15, -0.1) is 0 Å². The monoisotopic (exact) mass is 242 g/mol. The number of carbonyl (C=O) groups is 1. The van der Waals surface area contributed by atoms with Crippen molar-refractivity contribution in [1.82, 2.24) is 9.80 Å². The van der Waals surface area contributed by atoms with Gasteiger partial charge in [-0.3, -0.25) is 4.90 Å². The lowest BCUT2D eigenvalue weighted by Gasteiger charge is -2.44. The topological polar surface area (TPSA) is 32.8 Å². The van der Waals surface area contributed by atoms with Crippen LogP contribution in [-0.4, -0.2) is 53.2 Å². The van der Waals surface area contributed by atoms with Crippen LogP contribution in [0.25, 0.3) is 0 Å². The van der Waals surface area contributed by atoms with Crippen LogP contribution in [0.1, 0.15) is 41.5 Å². The van der Waals surface area contributed by atoms with E-state index in [-0.39, 0.29) is 6.09 Å². The molecule has 0 aromatic carbocycles. The van der Waals surface area contributed by atoms with E-state index in [4.69, 9.17) is 4.74 Å². The number of nitrogens with zero attached hydrogens (tertiary/aromatic N) is 2. The summed E-state index contributed by atoms with van der Waals surface area (Å²) in [7, 11) is 0. The number of piperazine rings is 1. The van der Waals surface area contributed by atoms with Crippen molar-refractivity contribution in [2.24, 2.45) is 0 Å². The van der Waals surface area contributed by atoms with Gasteiger partial charge in [-0.1, -0.05) is 6.92 Å². The molecule has 4 heteroatoms. The molecule has 1 aliphatic heterocycles. The van der Waals surface area contributed by atoms with Gasteiger partial charge in [0.1, 0.15) is 5.60 Å². The quantitative estimate of drug-likeness (QED) is 0.707. The highest BCUT2D eigenvalue weighted by molar-refractivity contribution is 5.68. The summed E-state index contributed by atoms with van der Waals surface area (Å²) in [5.74, 6) is 0. The second kappa shape index (κ2) is 5.25. The second-order valence-corrected chi connectivity index (χ2v) is 5.91. The van der Waals surface area contributed by atoms with Crippen molar-refractivity contribution in [2.45, 2.75) is 59.2 Å². The van der Waals surface area contributed by atoms with Gasteiger partial charge in [0.15, 0.2) is 0 Å². The average molecular weight is 242 g/mol. The molecule has 1 aliphatic rings. The Bertz CT molecular complexity index is 261. The van der Waals surface area contributed by atoms with Gasteiger partial charge in [0, 0.05) is 25.2 Å². The number of hydrogen-bond donors (Lipinski definition) is 0. The van der Waals surface area contributed by atoms with Gasteiger partial charge in [0.25, 0.3) is 0 Å². The number of likely N-dealkylation sites (N-methyl/N-ethyl adjacent to an activating group) is 1. The zero-order valence-electron chi connectivity index (χ0n) is 12.0. The third-order valence-electron chi connectivity index (χ3n) is 3.12. The predicted octanol–water partition coefficient (Wildman–Crippen LogP) is 2.34. The third-order valence-corrected chi connectivity index (χ3v) is 3.12. The molecule has 0 N–H and O–H groups in total. The molecule has 17 heavy (non-hydrogen) atoms. The summed E-state index contributed by atoms with van der Waals surface area (Å²) >= 11 is 0. The number of amides is 1. The van der Waals surface area contributed by atoms with Crippen molar-refractivity contribution < 1.29 is 9.53 Å². The Balaban J connectivity index is 2.60. The van der Waals surface area contributed by atoms with Gasteiger partial charge in [-0.25, -0.2) is 4.79 Å². The standard InChI is InChI=1S/C13H26N2O2/c1-7-15-10(2)8-14(9-11(15)3)12(16)17-13(4,5)6/h10-11H,7-9H2,1-6H3. The summed E-state index contributed by atoms with van der Waals surface area (Å²) in [6, 6.07) is 0.799. The highest BCUT2D eigenvalue weighted by Crippen LogP contribution is 2.18. The first-order valence-corrected chi connectivity index (χ1v) is 6.48. The van der Waals surface area contributed by atoms with E-state index >= 15 is 0 Å². The Morgan fingerprint density at radius 2 is 1.71 bits per heavy atom. The van der Waals surface area contributed by atoms with Gasteiger partial charge in [-0.2, -0.15) is 0 Å². The Kier molecular flexibility index (Phi) is 4.42. The molecule has 1 rings (SSSR count). The fraction of sp³-hybridized carbons (Fsp3) is 0.923. The maximum atomic E-state index is 12.0. The van der Waals surface area contributed by atoms with Crippen LogP contribution >= 0.6 is 0 Å². The smallest absolute Gasteiger partial charge is 0.410 e. The van der Waals surface area contributed by atoms with E-state index in [1.165, 1.54) is 0 Å². The molecule has 0 bridgehead atoms. The van der Waals surface area contributed by atoms with Crippen LogP contribution in [-0.2, 0) is 4.74 Å². The van der Waals surface area contributed by atoms with Crippen molar-refractivity contribution in [2.75, 3.05) is 19.6 Å². The highest BCUT2D eigenvalue weighted by atomic mass is 16.6. The van der Waals surface area contributed by atoms with Crippen LogP contribution in [0.15, 0.2) is 0 Å². The van der Waals surface area contributed by atoms with Crippen molar-refractivity contribution in [1.29, 1.82) is 0 Å². The maximum absolute atomic E-state index is 12.0. The zero-order chi connectivity index (χ0) is 13.2. The zero-order valence-corrected chi connectivity index (χ0v) is 12.0. The number of carbonyl (C=O) groups excluding carboxylic acids is 1.